The summed E-state index contributed by atoms with van der Waals surface area (Å²) in [5, 5.41) is 8.61. The highest BCUT2D eigenvalue weighted by atomic mass is 16.5. The first-order valence-electron chi connectivity index (χ1n) is 6.60. The number of ether oxygens (including phenoxy) is 2. The van der Waals surface area contributed by atoms with E-state index in [0.29, 0.717) is 19.1 Å². The second-order valence-corrected chi connectivity index (χ2v) is 4.59. The predicted molar refractivity (Wildman–Crippen MR) is 70.9 cm³/mol. The zero-order valence-electron chi connectivity index (χ0n) is 11.9. The molecule has 18 heavy (non-hydrogen) atoms. The minimum atomic E-state index is -0.727. The molecule has 0 radical (unpaired) electrons. The largest absolute Gasteiger partial charge is 0.481 e. The predicted octanol–water partition coefficient (Wildman–Crippen LogP) is 1.61. The summed E-state index contributed by atoms with van der Waals surface area (Å²) in [6, 6.07) is 0.418. The monoisotopic (exact) mass is 261 g/mol. The van der Waals surface area contributed by atoms with E-state index in [1.54, 1.807) is 7.11 Å². The van der Waals surface area contributed by atoms with Crippen molar-refractivity contribution in [2.24, 2.45) is 0 Å². The van der Waals surface area contributed by atoms with Crippen LogP contribution in [0.5, 0.6) is 0 Å². The van der Waals surface area contributed by atoms with Crippen molar-refractivity contribution in [1.29, 1.82) is 0 Å². The maximum absolute atomic E-state index is 10.5. The molecule has 0 aromatic carbocycles. The number of rotatable bonds is 12. The van der Waals surface area contributed by atoms with Gasteiger partial charge in [0, 0.05) is 39.3 Å². The van der Waals surface area contributed by atoms with Crippen LogP contribution in [0, 0.1) is 0 Å². The lowest BCUT2D eigenvalue weighted by Crippen LogP contribution is -2.35. The van der Waals surface area contributed by atoms with Gasteiger partial charge in [-0.2, -0.15) is 0 Å². The van der Waals surface area contributed by atoms with Crippen molar-refractivity contribution in [3.05, 3.63) is 0 Å². The Morgan fingerprint density at radius 2 is 1.89 bits per heavy atom. The molecule has 0 aliphatic carbocycles. The molecule has 0 aromatic heterocycles. The molecule has 0 heterocycles. The molecule has 0 bridgehead atoms. The molecule has 108 valence electrons. The normalized spacial score (nSPS) is 11.4. The Hall–Kier alpha value is -0.650. The molecule has 0 spiro atoms. The quantitative estimate of drug-likeness (QED) is 0.541. The lowest BCUT2D eigenvalue weighted by Gasteiger charge is -2.26. The first-order valence-corrected chi connectivity index (χ1v) is 6.60. The maximum atomic E-state index is 10.5. The molecule has 0 saturated carbocycles. The van der Waals surface area contributed by atoms with Crippen LogP contribution in [0.3, 0.4) is 0 Å². The van der Waals surface area contributed by atoms with Gasteiger partial charge in [0.2, 0.25) is 0 Å². The summed E-state index contributed by atoms with van der Waals surface area (Å²) < 4.78 is 10.4. The van der Waals surface area contributed by atoms with Gasteiger partial charge in [-0.15, -0.1) is 0 Å². The molecule has 0 fully saturated rings. The average molecular weight is 261 g/mol. The van der Waals surface area contributed by atoms with Crippen molar-refractivity contribution in [3.8, 4) is 0 Å². The number of hydrogen-bond acceptors (Lipinski definition) is 4. The standard InChI is InChI=1S/C13H27NO4/c1-12(2)14(7-4-6-13(15)16)8-11-18-10-5-9-17-3/h12H,4-11H2,1-3H3,(H,15,16). The van der Waals surface area contributed by atoms with Crippen molar-refractivity contribution < 1.29 is 19.4 Å². The molecule has 0 aliphatic heterocycles. The third-order valence-corrected chi connectivity index (χ3v) is 2.73. The Balaban J connectivity index is 3.60. The van der Waals surface area contributed by atoms with Crippen molar-refractivity contribution >= 4 is 5.97 Å². The third-order valence-electron chi connectivity index (χ3n) is 2.73. The van der Waals surface area contributed by atoms with Crippen LogP contribution in [-0.4, -0.2) is 62.0 Å². The van der Waals surface area contributed by atoms with Crippen LogP contribution < -0.4 is 0 Å². The molecular weight excluding hydrogens is 234 g/mol. The van der Waals surface area contributed by atoms with E-state index in [1.807, 2.05) is 0 Å². The Morgan fingerprint density at radius 3 is 2.44 bits per heavy atom. The van der Waals surface area contributed by atoms with Crippen LogP contribution >= 0.6 is 0 Å². The third kappa shape index (κ3) is 10.5. The van der Waals surface area contributed by atoms with Gasteiger partial charge >= 0.3 is 5.97 Å². The topological polar surface area (TPSA) is 59.0 Å². The fraction of sp³-hybridized carbons (Fsp3) is 0.923. The number of nitrogens with zero attached hydrogens (tertiary/aromatic N) is 1. The Bertz CT molecular complexity index is 209. The number of carboxylic acids is 1. The van der Waals surface area contributed by atoms with E-state index in [0.717, 1.165) is 32.7 Å². The van der Waals surface area contributed by atoms with Gasteiger partial charge in [-0.1, -0.05) is 0 Å². The molecule has 0 rings (SSSR count). The van der Waals surface area contributed by atoms with Crippen LogP contribution in [0.2, 0.25) is 0 Å². The zero-order valence-corrected chi connectivity index (χ0v) is 11.9. The molecule has 0 saturated heterocycles. The summed E-state index contributed by atoms with van der Waals surface area (Å²) in [4.78, 5) is 12.7. The van der Waals surface area contributed by atoms with E-state index in [1.165, 1.54) is 0 Å². The van der Waals surface area contributed by atoms with Gasteiger partial charge in [-0.3, -0.25) is 9.69 Å². The summed E-state index contributed by atoms with van der Waals surface area (Å²) in [5.74, 6) is -0.727. The number of carboxylic acid groups (broad SMARTS) is 1. The van der Waals surface area contributed by atoms with Crippen molar-refractivity contribution in [3.63, 3.8) is 0 Å². The van der Waals surface area contributed by atoms with Crippen molar-refractivity contribution in [1.82, 2.24) is 4.90 Å². The lowest BCUT2D eigenvalue weighted by atomic mass is 10.2. The van der Waals surface area contributed by atoms with Gasteiger partial charge in [0.05, 0.1) is 6.61 Å². The molecule has 0 aromatic rings. The summed E-state index contributed by atoms with van der Waals surface area (Å²) >= 11 is 0. The Labute approximate surface area is 110 Å². The van der Waals surface area contributed by atoms with Crippen LogP contribution in [-0.2, 0) is 14.3 Å². The Morgan fingerprint density at radius 1 is 1.17 bits per heavy atom. The molecule has 0 unspecified atom stereocenters. The van der Waals surface area contributed by atoms with Gasteiger partial charge in [0.15, 0.2) is 0 Å². The highest BCUT2D eigenvalue weighted by Gasteiger charge is 2.09. The SMILES string of the molecule is COCCCOCCN(CCCC(=O)O)C(C)C. The van der Waals surface area contributed by atoms with Gasteiger partial charge in [-0.25, -0.2) is 0 Å². The summed E-state index contributed by atoms with van der Waals surface area (Å²) in [6.07, 6.45) is 1.84. The number of carbonyl (C=O) groups is 1. The van der Waals surface area contributed by atoms with Crippen LogP contribution in [0.4, 0.5) is 0 Å². The van der Waals surface area contributed by atoms with Crippen LogP contribution in [0.15, 0.2) is 0 Å². The minimum Gasteiger partial charge on any atom is -0.481 e. The molecule has 0 aliphatic rings. The zero-order chi connectivity index (χ0) is 13.8. The second-order valence-electron chi connectivity index (χ2n) is 4.59. The van der Waals surface area contributed by atoms with E-state index in [4.69, 9.17) is 14.6 Å². The first-order chi connectivity index (χ1) is 8.57. The molecule has 1 N–H and O–H groups in total. The smallest absolute Gasteiger partial charge is 0.303 e. The fourth-order valence-electron chi connectivity index (χ4n) is 1.65. The van der Waals surface area contributed by atoms with Gasteiger partial charge in [0.1, 0.15) is 0 Å². The fourth-order valence-corrected chi connectivity index (χ4v) is 1.65. The van der Waals surface area contributed by atoms with Crippen LogP contribution in [0.1, 0.15) is 33.1 Å². The average Bonchev–Trinajstić information content (AvgIpc) is 2.30. The molecule has 0 atom stereocenters. The van der Waals surface area contributed by atoms with Crippen molar-refractivity contribution in [2.45, 2.75) is 39.2 Å². The highest BCUT2D eigenvalue weighted by molar-refractivity contribution is 5.66. The van der Waals surface area contributed by atoms with Crippen LogP contribution in [0.25, 0.3) is 0 Å². The molecule has 5 nitrogen and oxygen atoms in total. The summed E-state index contributed by atoms with van der Waals surface area (Å²) in [5.41, 5.74) is 0. The first kappa shape index (κ1) is 17.4. The second kappa shape index (κ2) is 11.4. The van der Waals surface area contributed by atoms with Crippen molar-refractivity contribution in [2.75, 3.05) is 40.0 Å². The van der Waals surface area contributed by atoms with E-state index in [-0.39, 0.29) is 6.42 Å². The van der Waals surface area contributed by atoms with Gasteiger partial charge in [0.25, 0.3) is 0 Å². The molecule has 5 heteroatoms. The molecular formula is C13H27NO4. The van der Waals surface area contributed by atoms with Gasteiger partial charge < -0.3 is 14.6 Å². The number of methoxy groups -OCH3 is 1. The van der Waals surface area contributed by atoms with E-state index in [2.05, 4.69) is 18.7 Å². The number of aliphatic carboxylic acids is 1. The maximum Gasteiger partial charge on any atom is 0.303 e. The minimum absolute atomic E-state index is 0.234. The summed E-state index contributed by atoms with van der Waals surface area (Å²) in [6.45, 7) is 8.03. The van der Waals surface area contributed by atoms with E-state index in [9.17, 15) is 4.79 Å². The Kier molecular flexibility index (Phi) is 11.0. The highest BCUT2D eigenvalue weighted by Crippen LogP contribution is 2.02. The molecule has 0 amide bonds. The van der Waals surface area contributed by atoms with E-state index >= 15 is 0 Å². The summed E-state index contributed by atoms with van der Waals surface area (Å²) in [7, 11) is 1.68. The van der Waals surface area contributed by atoms with Gasteiger partial charge in [-0.05, 0) is 33.2 Å². The van der Waals surface area contributed by atoms with E-state index < -0.39 is 5.97 Å². The number of hydrogen-bond donors (Lipinski definition) is 1. The lowest BCUT2D eigenvalue weighted by molar-refractivity contribution is -0.137.